The lowest BCUT2D eigenvalue weighted by molar-refractivity contribution is 0.0953. The Balaban J connectivity index is 0.000000441. The minimum Gasteiger partial charge on any atom is -0.352 e. The molecule has 1 rings (SSSR count). The van der Waals surface area contributed by atoms with Crippen molar-refractivity contribution >= 4 is 5.91 Å². The van der Waals surface area contributed by atoms with Gasteiger partial charge in [0.1, 0.15) is 0 Å². The van der Waals surface area contributed by atoms with Gasteiger partial charge in [0, 0.05) is 12.1 Å². The molecule has 0 spiro atoms. The first kappa shape index (κ1) is 18.7. The average molecular weight is 277 g/mol. The Bertz CT molecular complexity index is 339. The third-order valence-electron chi connectivity index (χ3n) is 3.06. The summed E-state index contributed by atoms with van der Waals surface area (Å²) in [6.07, 6.45) is 7.98. The molecule has 1 aromatic rings. The van der Waals surface area contributed by atoms with Gasteiger partial charge in [-0.3, -0.25) is 4.79 Å². The van der Waals surface area contributed by atoms with Crippen molar-refractivity contribution in [1.29, 1.82) is 0 Å². The normalized spacial score (nSPS) is 9.60. The van der Waals surface area contributed by atoms with Crippen LogP contribution in [0.5, 0.6) is 0 Å². The first-order valence-electron chi connectivity index (χ1n) is 8.00. The maximum atomic E-state index is 11.4. The van der Waals surface area contributed by atoms with Gasteiger partial charge < -0.3 is 5.32 Å². The zero-order valence-electron chi connectivity index (χ0n) is 13.7. The second kappa shape index (κ2) is 12.7. The van der Waals surface area contributed by atoms with Crippen molar-refractivity contribution in [3.63, 3.8) is 0 Å². The second-order valence-electron chi connectivity index (χ2n) is 5.18. The molecule has 2 heteroatoms. The predicted octanol–water partition coefficient (Wildman–Crippen LogP) is 5.11. The number of benzene rings is 1. The average Bonchev–Trinajstić information content (AvgIpc) is 2.47. The Morgan fingerprint density at radius 2 is 1.45 bits per heavy atom. The van der Waals surface area contributed by atoms with Crippen LogP contribution in [-0.4, -0.2) is 12.5 Å². The number of carbonyl (C=O) groups is 1. The van der Waals surface area contributed by atoms with Crippen LogP contribution in [0.25, 0.3) is 0 Å². The highest BCUT2D eigenvalue weighted by molar-refractivity contribution is 5.94. The maximum absolute atomic E-state index is 11.4. The van der Waals surface area contributed by atoms with Crippen LogP contribution in [0.4, 0.5) is 0 Å². The summed E-state index contributed by atoms with van der Waals surface area (Å²) in [4.78, 5) is 11.4. The molecule has 20 heavy (non-hydrogen) atoms. The van der Waals surface area contributed by atoms with Gasteiger partial charge in [-0.15, -0.1) is 0 Å². The van der Waals surface area contributed by atoms with Crippen LogP contribution in [0.1, 0.15) is 75.2 Å². The minimum atomic E-state index is 0.0156. The summed E-state index contributed by atoms with van der Waals surface area (Å²) in [5, 5.41) is 2.83. The number of rotatable bonds is 7. The van der Waals surface area contributed by atoms with Gasteiger partial charge in [-0.2, -0.15) is 0 Å². The van der Waals surface area contributed by atoms with E-state index in [1.54, 1.807) is 0 Å². The van der Waals surface area contributed by atoms with Crippen molar-refractivity contribution in [1.82, 2.24) is 5.32 Å². The molecule has 0 saturated heterocycles. The predicted molar refractivity (Wildman–Crippen MR) is 88.2 cm³/mol. The van der Waals surface area contributed by atoms with Crippen molar-refractivity contribution in [3.05, 3.63) is 35.4 Å². The van der Waals surface area contributed by atoms with Crippen molar-refractivity contribution in [2.75, 3.05) is 6.54 Å². The first-order chi connectivity index (χ1) is 9.65. The highest BCUT2D eigenvalue weighted by Crippen LogP contribution is 2.02. The van der Waals surface area contributed by atoms with E-state index in [1.807, 2.05) is 38.1 Å². The van der Waals surface area contributed by atoms with E-state index in [-0.39, 0.29) is 5.91 Å². The van der Waals surface area contributed by atoms with Gasteiger partial charge in [0.25, 0.3) is 5.91 Å². The SMILES string of the molecule is CCCCCCC.CCCNC(=O)c1ccc(C)cc1. The fourth-order valence-corrected chi connectivity index (χ4v) is 1.72. The summed E-state index contributed by atoms with van der Waals surface area (Å²) in [7, 11) is 0. The second-order valence-corrected chi connectivity index (χ2v) is 5.18. The molecular weight excluding hydrogens is 246 g/mol. The standard InChI is InChI=1S/C11H15NO.C7H16/c1-3-8-12-11(13)10-6-4-9(2)5-7-10;1-3-5-7-6-4-2/h4-7H,3,8H2,1-2H3,(H,12,13);3-7H2,1-2H3. The molecular formula is C18H31NO. The molecule has 1 N–H and O–H groups in total. The number of hydrogen-bond donors (Lipinski definition) is 1. The molecule has 0 atom stereocenters. The molecule has 0 radical (unpaired) electrons. The number of hydrogen-bond acceptors (Lipinski definition) is 1. The topological polar surface area (TPSA) is 29.1 Å². The first-order valence-corrected chi connectivity index (χ1v) is 8.00. The molecule has 0 saturated carbocycles. The molecule has 0 bridgehead atoms. The Morgan fingerprint density at radius 3 is 1.90 bits per heavy atom. The monoisotopic (exact) mass is 277 g/mol. The van der Waals surface area contributed by atoms with Gasteiger partial charge in [-0.1, -0.05) is 70.6 Å². The number of unbranched alkanes of at least 4 members (excludes halogenated alkanes) is 4. The Morgan fingerprint density at radius 1 is 0.900 bits per heavy atom. The van der Waals surface area contributed by atoms with Crippen LogP contribution >= 0.6 is 0 Å². The summed E-state index contributed by atoms with van der Waals surface area (Å²) in [6.45, 7) is 9.28. The van der Waals surface area contributed by atoms with Crippen LogP contribution in [0, 0.1) is 6.92 Å². The van der Waals surface area contributed by atoms with Gasteiger partial charge >= 0.3 is 0 Å². The lowest BCUT2D eigenvalue weighted by Crippen LogP contribution is -2.23. The van der Waals surface area contributed by atoms with E-state index < -0.39 is 0 Å². The third-order valence-corrected chi connectivity index (χ3v) is 3.06. The third kappa shape index (κ3) is 9.60. The lowest BCUT2D eigenvalue weighted by atomic mass is 10.1. The van der Waals surface area contributed by atoms with E-state index in [2.05, 4.69) is 19.2 Å². The van der Waals surface area contributed by atoms with Crippen molar-refractivity contribution in [2.24, 2.45) is 0 Å². The van der Waals surface area contributed by atoms with Gasteiger partial charge in [-0.25, -0.2) is 0 Å². The molecule has 0 fully saturated rings. The molecule has 0 heterocycles. The smallest absolute Gasteiger partial charge is 0.251 e. The zero-order chi connectivity index (χ0) is 15.2. The molecule has 2 nitrogen and oxygen atoms in total. The fourth-order valence-electron chi connectivity index (χ4n) is 1.72. The highest BCUT2D eigenvalue weighted by atomic mass is 16.1. The summed E-state index contributed by atoms with van der Waals surface area (Å²) in [5.41, 5.74) is 1.91. The van der Waals surface area contributed by atoms with E-state index in [1.165, 1.54) is 37.7 Å². The van der Waals surface area contributed by atoms with Crippen molar-refractivity contribution in [3.8, 4) is 0 Å². The minimum absolute atomic E-state index is 0.0156. The molecule has 114 valence electrons. The Labute approximate surface area is 125 Å². The van der Waals surface area contributed by atoms with E-state index >= 15 is 0 Å². The largest absolute Gasteiger partial charge is 0.352 e. The van der Waals surface area contributed by atoms with Crippen LogP contribution in [-0.2, 0) is 0 Å². The van der Waals surface area contributed by atoms with Gasteiger partial charge in [0.05, 0.1) is 0 Å². The molecule has 1 amide bonds. The summed E-state index contributed by atoms with van der Waals surface area (Å²) < 4.78 is 0. The molecule has 1 aromatic carbocycles. The molecule has 0 aromatic heterocycles. The molecule has 0 unspecified atom stereocenters. The van der Waals surface area contributed by atoms with E-state index in [0.717, 1.165) is 18.5 Å². The van der Waals surface area contributed by atoms with E-state index in [4.69, 9.17) is 0 Å². The number of nitrogens with one attached hydrogen (secondary N) is 1. The summed E-state index contributed by atoms with van der Waals surface area (Å²) in [6, 6.07) is 7.59. The Kier molecular flexibility index (Phi) is 11.9. The number of aryl methyl sites for hydroxylation is 1. The van der Waals surface area contributed by atoms with E-state index in [0.29, 0.717) is 0 Å². The number of amides is 1. The molecule has 0 aliphatic heterocycles. The molecule has 0 aliphatic carbocycles. The van der Waals surface area contributed by atoms with Gasteiger partial charge in [0.2, 0.25) is 0 Å². The van der Waals surface area contributed by atoms with Crippen molar-refractivity contribution < 1.29 is 4.79 Å². The van der Waals surface area contributed by atoms with Crippen LogP contribution in [0.15, 0.2) is 24.3 Å². The Hall–Kier alpha value is -1.31. The van der Waals surface area contributed by atoms with Crippen LogP contribution in [0.2, 0.25) is 0 Å². The zero-order valence-corrected chi connectivity index (χ0v) is 13.7. The summed E-state index contributed by atoms with van der Waals surface area (Å²) >= 11 is 0. The quantitative estimate of drug-likeness (QED) is 0.689. The van der Waals surface area contributed by atoms with E-state index in [9.17, 15) is 4.79 Å². The summed E-state index contributed by atoms with van der Waals surface area (Å²) in [5.74, 6) is 0.0156. The highest BCUT2D eigenvalue weighted by Gasteiger charge is 2.02. The van der Waals surface area contributed by atoms with Gasteiger partial charge in [0.15, 0.2) is 0 Å². The fraction of sp³-hybridized carbons (Fsp3) is 0.611. The lowest BCUT2D eigenvalue weighted by Gasteiger charge is -2.02. The van der Waals surface area contributed by atoms with Crippen LogP contribution in [0.3, 0.4) is 0 Å². The maximum Gasteiger partial charge on any atom is 0.251 e. The van der Waals surface area contributed by atoms with Gasteiger partial charge in [-0.05, 0) is 25.5 Å². The number of carbonyl (C=O) groups excluding carboxylic acids is 1. The molecule has 0 aliphatic rings. The van der Waals surface area contributed by atoms with Crippen LogP contribution < -0.4 is 5.32 Å². The van der Waals surface area contributed by atoms with Crippen molar-refractivity contribution in [2.45, 2.75) is 66.2 Å².